The van der Waals surface area contributed by atoms with Gasteiger partial charge in [0.05, 0.1) is 15.6 Å². The Balaban J connectivity index is 1.68. The molecule has 3 aromatic heterocycles. The van der Waals surface area contributed by atoms with Gasteiger partial charge in [0.1, 0.15) is 10.4 Å². The van der Waals surface area contributed by atoms with E-state index in [1.165, 1.54) is 24.2 Å². The molecule has 4 heterocycles. The number of likely N-dealkylation sites (tertiary alicyclic amines) is 1. The molecule has 0 unspecified atom stereocenters. The first kappa shape index (κ1) is 19.4. The summed E-state index contributed by atoms with van der Waals surface area (Å²) in [6, 6.07) is 8.58. The van der Waals surface area contributed by atoms with Crippen molar-refractivity contribution in [3.05, 3.63) is 57.1 Å². The van der Waals surface area contributed by atoms with Gasteiger partial charge in [-0.1, -0.05) is 23.7 Å². The number of amides is 1. The smallest absolute Gasteiger partial charge is 0.258 e. The number of rotatable bonds is 4. The highest BCUT2D eigenvalue weighted by atomic mass is 35.5. The summed E-state index contributed by atoms with van der Waals surface area (Å²) in [4.78, 5) is 33.1. The second-order valence-electron chi connectivity index (χ2n) is 7.35. The average molecular weight is 445 g/mol. The van der Waals surface area contributed by atoms with Gasteiger partial charge in [-0.25, -0.2) is 9.37 Å². The number of para-hydroxylation sites is 1. The zero-order valence-electron chi connectivity index (χ0n) is 16.0. The monoisotopic (exact) mass is 444 g/mol. The fourth-order valence-corrected chi connectivity index (χ4v) is 5.33. The van der Waals surface area contributed by atoms with Crippen LogP contribution in [-0.2, 0) is 0 Å². The molecule has 1 saturated heterocycles. The molecule has 0 bridgehead atoms. The molecule has 1 aromatic carbocycles. The van der Waals surface area contributed by atoms with Gasteiger partial charge in [0.2, 0.25) is 5.43 Å². The number of hydrogen-bond acceptors (Lipinski definition) is 5. The lowest BCUT2D eigenvalue weighted by molar-refractivity contribution is 0.0950. The quantitative estimate of drug-likeness (QED) is 0.487. The highest BCUT2D eigenvalue weighted by Crippen LogP contribution is 2.31. The van der Waals surface area contributed by atoms with Crippen LogP contribution in [0.5, 0.6) is 0 Å². The molecule has 5 rings (SSSR count). The molecule has 0 atom stereocenters. The predicted octanol–water partition coefficient (Wildman–Crippen LogP) is 3.68. The SMILES string of the molecule is O=C(NCCN1CCCC1)c1c(=O)c2cc(F)c(Cl)nc2n2c1sc1ccccc12. The molecule has 4 aromatic rings. The third-order valence-electron chi connectivity index (χ3n) is 5.47. The van der Waals surface area contributed by atoms with Gasteiger partial charge in [-0.15, -0.1) is 11.3 Å². The number of thiazole rings is 1. The summed E-state index contributed by atoms with van der Waals surface area (Å²) in [6.07, 6.45) is 2.34. The third-order valence-corrected chi connectivity index (χ3v) is 6.88. The summed E-state index contributed by atoms with van der Waals surface area (Å²) in [5.41, 5.74) is 0.489. The van der Waals surface area contributed by atoms with Crippen molar-refractivity contribution in [1.29, 1.82) is 0 Å². The predicted molar refractivity (Wildman–Crippen MR) is 117 cm³/mol. The highest BCUT2D eigenvalue weighted by molar-refractivity contribution is 7.24. The largest absolute Gasteiger partial charge is 0.351 e. The number of nitrogens with zero attached hydrogens (tertiary/aromatic N) is 3. The van der Waals surface area contributed by atoms with Crippen molar-refractivity contribution in [3.8, 4) is 0 Å². The summed E-state index contributed by atoms with van der Waals surface area (Å²) in [5.74, 6) is -1.25. The van der Waals surface area contributed by atoms with Crippen molar-refractivity contribution in [1.82, 2.24) is 19.6 Å². The average Bonchev–Trinajstić information content (AvgIpc) is 3.37. The second kappa shape index (κ2) is 7.61. The number of benzene rings is 1. The van der Waals surface area contributed by atoms with E-state index in [1.807, 2.05) is 24.3 Å². The van der Waals surface area contributed by atoms with E-state index in [9.17, 15) is 14.0 Å². The number of halogens is 2. The van der Waals surface area contributed by atoms with Crippen LogP contribution >= 0.6 is 22.9 Å². The zero-order valence-corrected chi connectivity index (χ0v) is 17.5. The second-order valence-corrected chi connectivity index (χ2v) is 8.74. The van der Waals surface area contributed by atoms with E-state index in [2.05, 4.69) is 15.2 Å². The van der Waals surface area contributed by atoms with E-state index in [0.29, 0.717) is 11.4 Å². The Hall–Kier alpha value is -2.55. The highest BCUT2D eigenvalue weighted by Gasteiger charge is 2.23. The van der Waals surface area contributed by atoms with Crippen LogP contribution in [0, 0.1) is 5.82 Å². The fourth-order valence-electron chi connectivity index (χ4n) is 4.01. The minimum absolute atomic E-state index is 0.00800. The fraction of sp³-hybridized carbons (Fsp3) is 0.286. The van der Waals surface area contributed by atoms with Gasteiger partial charge in [0.25, 0.3) is 5.91 Å². The Labute approximate surface area is 179 Å². The Kier molecular flexibility index (Phi) is 4.92. The summed E-state index contributed by atoms with van der Waals surface area (Å²) >= 11 is 7.24. The summed E-state index contributed by atoms with van der Waals surface area (Å²) in [5, 5.41) is 2.59. The maximum atomic E-state index is 14.1. The number of nitrogens with one attached hydrogen (secondary N) is 1. The van der Waals surface area contributed by atoms with Gasteiger partial charge in [-0.3, -0.25) is 14.0 Å². The number of carbonyl (C=O) groups is 1. The van der Waals surface area contributed by atoms with E-state index in [-0.39, 0.29) is 21.7 Å². The molecular weight excluding hydrogens is 427 g/mol. The van der Waals surface area contributed by atoms with E-state index in [1.54, 1.807) is 4.40 Å². The minimum atomic E-state index is -0.791. The van der Waals surface area contributed by atoms with E-state index in [4.69, 9.17) is 11.6 Å². The van der Waals surface area contributed by atoms with E-state index < -0.39 is 17.2 Å². The number of aromatic nitrogens is 2. The van der Waals surface area contributed by atoms with Gasteiger partial charge < -0.3 is 10.2 Å². The first-order valence-corrected chi connectivity index (χ1v) is 11.0. The summed E-state index contributed by atoms with van der Waals surface area (Å²) in [7, 11) is 0. The molecule has 9 heteroatoms. The molecular formula is C21H18ClFN4O2S. The Bertz CT molecular complexity index is 1360. The lowest BCUT2D eigenvalue weighted by Gasteiger charge is -2.15. The first-order valence-electron chi connectivity index (χ1n) is 9.77. The summed E-state index contributed by atoms with van der Waals surface area (Å²) < 4.78 is 16.7. The minimum Gasteiger partial charge on any atom is -0.351 e. The number of carbonyl (C=O) groups excluding carboxylic acids is 1. The van der Waals surface area contributed by atoms with E-state index in [0.717, 1.165) is 35.9 Å². The normalized spacial score (nSPS) is 14.9. The third kappa shape index (κ3) is 3.15. The molecule has 1 fully saturated rings. The molecule has 154 valence electrons. The van der Waals surface area contributed by atoms with Gasteiger partial charge in [0, 0.05) is 13.1 Å². The Morgan fingerprint density at radius 3 is 2.83 bits per heavy atom. The van der Waals surface area contributed by atoms with Crippen LogP contribution in [0.25, 0.3) is 26.1 Å². The molecule has 1 N–H and O–H groups in total. The molecule has 0 saturated carbocycles. The van der Waals surface area contributed by atoms with Crippen molar-refractivity contribution in [2.75, 3.05) is 26.2 Å². The van der Waals surface area contributed by atoms with Gasteiger partial charge in [0.15, 0.2) is 16.6 Å². The first-order chi connectivity index (χ1) is 14.5. The van der Waals surface area contributed by atoms with Gasteiger partial charge in [-0.05, 0) is 44.1 Å². The van der Waals surface area contributed by atoms with Crippen molar-refractivity contribution in [3.63, 3.8) is 0 Å². The van der Waals surface area contributed by atoms with Gasteiger partial charge >= 0.3 is 0 Å². The number of pyridine rings is 2. The van der Waals surface area contributed by atoms with Crippen LogP contribution in [0.15, 0.2) is 35.1 Å². The summed E-state index contributed by atoms with van der Waals surface area (Å²) in [6.45, 7) is 3.24. The van der Waals surface area contributed by atoms with Crippen LogP contribution in [0.2, 0.25) is 5.15 Å². The van der Waals surface area contributed by atoms with Crippen LogP contribution in [0.1, 0.15) is 23.2 Å². The van der Waals surface area contributed by atoms with Crippen LogP contribution in [0.3, 0.4) is 0 Å². The molecule has 0 spiro atoms. The van der Waals surface area contributed by atoms with Crippen molar-refractivity contribution in [2.24, 2.45) is 0 Å². The van der Waals surface area contributed by atoms with Gasteiger partial charge in [-0.2, -0.15) is 0 Å². The van der Waals surface area contributed by atoms with E-state index >= 15 is 0 Å². The molecule has 1 amide bonds. The molecule has 0 aliphatic carbocycles. The van der Waals surface area contributed by atoms with Crippen LogP contribution in [0.4, 0.5) is 4.39 Å². The molecule has 30 heavy (non-hydrogen) atoms. The molecule has 1 aliphatic rings. The number of fused-ring (bicyclic) bond motifs is 5. The Morgan fingerprint density at radius 2 is 2.03 bits per heavy atom. The maximum Gasteiger partial charge on any atom is 0.258 e. The van der Waals surface area contributed by atoms with Crippen LogP contribution < -0.4 is 10.7 Å². The zero-order chi connectivity index (χ0) is 20.8. The lowest BCUT2D eigenvalue weighted by atomic mass is 10.1. The molecule has 6 nitrogen and oxygen atoms in total. The lowest BCUT2D eigenvalue weighted by Crippen LogP contribution is -2.35. The molecule has 1 aliphatic heterocycles. The maximum absolute atomic E-state index is 14.1. The topological polar surface area (TPSA) is 66.7 Å². The van der Waals surface area contributed by atoms with Crippen molar-refractivity contribution in [2.45, 2.75) is 12.8 Å². The van der Waals surface area contributed by atoms with Crippen molar-refractivity contribution >= 4 is 54.9 Å². The van der Waals surface area contributed by atoms with Crippen molar-refractivity contribution < 1.29 is 9.18 Å². The Morgan fingerprint density at radius 1 is 1.27 bits per heavy atom. The standard InChI is InChI=1S/C21H18ClFN4O2S/c22-18-13(23)11-12-17(28)16(20(29)24-7-10-26-8-3-4-9-26)21-27(19(12)25-18)14-5-1-2-6-15(14)30-21/h1-2,5-6,11H,3-4,7-10H2,(H,24,29). The van der Waals surface area contributed by atoms with Crippen LogP contribution in [-0.4, -0.2) is 46.4 Å². The number of hydrogen-bond donors (Lipinski definition) is 1. The molecule has 0 radical (unpaired) electrons.